The Hall–Kier alpha value is -5.47. The van der Waals surface area contributed by atoms with Gasteiger partial charge in [0.1, 0.15) is 0 Å². The van der Waals surface area contributed by atoms with E-state index >= 15 is 0 Å². The molecule has 0 atom stereocenters. The first kappa shape index (κ1) is 32.9. The summed E-state index contributed by atoms with van der Waals surface area (Å²) in [5.74, 6) is -23.3. The molecule has 2 N–H and O–H groups in total. The summed E-state index contributed by atoms with van der Waals surface area (Å²) in [4.78, 5) is 53.1. The predicted molar refractivity (Wildman–Crippen MR) is 148 cm³/mol. The summed E-state index contributed by atoms with van der Waals surface area (Å²) in [5, 5.41) is 4.84. The third-order valence-corrected chi connectivity index (χ3v) is 7.26. The van der Waals surface area contributed by atoms with E-state index in [9.17, 15) is 58.7 Å². The van der Waals surface area contributed by atoms with Crippen molar-refractivity contribution in [3.63, 3.8) is 0 Å². The lowest BCUT2D eigenvalue weighted by atomic mass is 9.82. The van der Waals surface area contributed by atoms with Gasteiger partial charge >= 0.3 is 23.9 Å². The number of hydrogen-bond donors (Lipinski definition) is 2. The Labute approximate surface area is 258 Å². The van der Waals surface area contributed by atoms with Crippen molar-refractivity contribution in [2.24, 2.45) is 0 Å². The monoisotopic (exact) mass is 664 g/mol. The van der Waals surface area contributed by atoms with E-state index in [0.717, 1.165) is 6.07 Å². The SMILES string of the molecule is O=C(Nc1ccc(NC(=O)c2ccc(C(F)(F)C(F)(F)C(F)(F)C(F)(F)F)cc2)c2c1C(=O)c1ccccc1C2=O)c1ccccc1. The van der Waals surface area contributed by atoms with Crippen LogP contribution < -0.4 is 10.6 Å². The van der Waals surface area contributed by atoms with E-state index in [-0.39, 0.29) is 51.3 Å². The molecule has 0 radical (unpaired) electrons. The van der Waals surface area contributed by atoms with Crippen molar-refractivity contribution in [2.75, 3.05) is 10.6 Å². The third-order valence-electron chi connectivity index (χ3n) is 7.26. The quantitative estimate of drug-likeness (QED) is 0.173. The van der Waals surface area contributed by atoms with Crippen LogP contribution in [0.15, 0.2) is 91.0 Å². The molecule has 4 aromatic carbocycles. The minimum absolute atomic E-state index is 0.00638. The van der Waals surface area contributed by atoms with E-state index in [1.54, 1.807) is 18.2 Å². The molecule has 0 saturated carbocycles. The first-order chi connectivity index (χ1) is 21.9. The van der Waals surface area contributed by atoms with Crippen LogP contribution in [0.1, 0.15) is 58.1 Å². The van der Waals surface area contributed by atoms with Gasteiger partial charge in [0.05, 0.1) is 22.5 Å². The first-order valence-corrected chi connectivity index (χ1v) is 13.2. The highest BCUT2D eigenvalue weighted by molar-refractivity contribution is 6.33. The molecule has 5 rings (SSSR count). The molecule has 6 nitrogen and oxygen atoms in total. The van der Waals surface area contributed by atoms with E-state index in [1.165, 1.54) is 42.5 Å². The zero-order valence-electron chi connectivity index (χ0n) is 23.2. The lowest BCUT2D eigenvalue weighted by Gasteiger charge is -2.33. The van der Waals surface area contributed by atoms with Crippen molar-refractivity contribution in [1.82, 2.24) is 0 Å². The molecule has 0 aliphatic heterocycles. The van der Waals surface area contributed by atoms with E-state index in [4.69, 9.17) is 0 Å². The molecule has 15 heteroatoms. The van der Waals surface area contributed by atoms with Crippen LogP contribution in [0.5, 0.6) is 0 Å². The van der Waals surface area contributed by atoms with Crippen LogP contribution in [0.2, 0.25) is 0 Å². The number of anilines is 2. The number of nitrogens with one attached hydrogen (secondary N) is 2. The Bertz CT molecular complexity index is 1920. The topological polar surface area (TPSA) is 92.3 Å². The summed E-state index contributed by atoms with van der Waals surface area (Å²) in [6, 6.07) is 16.9. The Kier molecular flexibility index (Phi) is 7.98. The van der Waals surface area contributed by atoms with Gasteiger partial charge in [-0.3, -0.25) is 19.2 Å². The Balaban J connectivity index is 1.49. The van der Waals surface area contributed by atoms with Gasteiger partial charge in [-0.1, -0.05) is 54.6 Å². The molecule has 1 aliphatic rings. The fraction of sp³-hybridized carbons (Fsp3) is 0.125. The van der Waals surface area contributed by atoms with Gasteiger partial charge in [0.2, 0.25) is 0 Å². The highest BCUT2D eigenvalue weighted by Crippen LogP contribution is 2.56. The Morgan fingerprint density at radius 1 is 0.489 bits per heavy atom. The summed E-state index contributed by atoms with van der Waals surface area (Å²) in [5.41, 5.74) is -3.39. The van der Waals surface area contributed by atoms with Gasteiger partial charge in [-0.15, -0.1) is 0 Å². The molecule has 2 amide bonds. The summed E-state index contributed by atoms with van der Waals surface area (Å²) in [6.45, 7) is 0. The zero-order valence-corrected chi connectivity index (χ0v) is 23.2. The molecule has 0 heterocycles. The maximum absolute atomic E-state index is 14.3. The molecule has 242 valence electrons. The average molecular weight is 664 g/mol. The van der Waals surface area contributed by atoms with Gasteiger partial charge in [-0.05, 0) is 36.4 Å². The molecular formula is C32H17F9N2O4. The van der Waals surface area contributed by atoms with E-state index in [2.05, 4.69) is 10.6 Å². The zero-order chi connectivity index (χ0) is 34.5. The van der Waals surface area contributed by atoms with Gasteiger partial charge in [-0.2, -0.15) is 39.5 Å². The number of rotatable bonds is 7. The molecule has 0 aromatic heterocycles. The van der Waals surface area contributed by atoms with Crippen molar-refractivity contribution < 1.29 is 58.7 Å². The van der Waals surface area contributed by atoms with E-state index in [0.29, 0.717) is 12.1 Å². The molecule has 47 heavy (non-hydrogen) atoms. The second kappa shape index (κ2) is 11.4. The minimum atomic E-state index is -7.10. The summed E-state index contributed by atoms with van der Waals surface area (Å²) >= 11 is 0. The number of hydrogen-bond acceptors (Lipinski definition) is 4. The van der Waals surface area contributed by atoms with Gasteiger partial charge in [0.25, 0.3) is 11.8 Å². The van der Waals surface area contributed by atoms with Crippen LogP contribution in [-0.2, 0) is 5.92 Å². The highest BCUT2D eigenvalue weighted by atomic mass is 19.4. The molecule has 0 saturated heterocycles. The number of ketones is 2. The number of carbonyl (C=O) groups excluding carboxylic acids is 4. The van der Waals surface area contributed by atoms with Crippen LogP contribution >= 0.6 is 0 Å². The first-order valence-electron chi connectivity index (χ1n) is 13.2. The smallest absolute Gasteiger partial charge is 0.321 e. The molecule has 0 bridgehead atoms. The largest absolute Gasteiger partial charge is 0.460 e. The standard InChI is InChI=1S/C32H17F9N2O4/c33-29(34,30(35,36)31(37,38)32(39,40)41)18-12-10-17(11-13-18)28(47)43-22-15-14-21(42-27(46)16-6-2-1-3-7-16)23-24(22)26(45)20-9-5-4-8-19(20)25(23)44/h1-15H,(H,42,46)(H,43,47). The van der Waals surface area contributed by atoms with Crippen molar-refractivity contribution in [2.45, 2.75) is 23.9 Å². The number of carbonyl (C=O) groups is 4. The van der Waals surface area contributed by atoms with Crippen molar-refractivity contribution in [3.8, 4) is 0 Å². The number of halogens is 9. The van der Waals surface area contributed by atoms with Crippen molar-refractivity contribution in [1.29, 1.82) is 0 Å². The van der Waals surface area contributed by atoms with Crippen LogP contribution in [0.25, 0.3) is 0 Å². The van der Waals surface area contributed by atoms with E-state index in [1.807, 2.05) is 0 Å². The molecule has 4 aromatic rings. The molecule has 0 unspecified atom stereocenters. The highest BCUT2D eigenvalue weighted by Gasteiger charge is 2.82. The maximum atomic E-state index is 14.3. The lowest BCUT2D eigenvalue weighted by Crippen LogP contribution is -2.59. The summed E-state index contributed by atoms with van der Waals surface area (Å²) in [7, 11) is 0. The fourth-order valence-corrected chi connectivity index (χ4v) is 4.80. The Morgan fingerprint density at radius 2 is 0.894 bits per heavy atom. The van der Waals surface area contributed by atoms with Crippen LogP contribution in [0.3, 0.4) is 0 Å². The molecule has 0 fully saturated rings. The van der Waals surface area contributed by atoms with Gasteiger partial charge in [0.15, 0.2) is 11.6 Å². The fourth-order valence-electron chi connectivity index (χ4n) is 4.80. The lowest BCUT2D eigenvalue weighted by molar-refractivity contribution is -0.399. The predicted octanol–water partition coefficient (Wildman–Crippen LogP) is 7.89. The van der Waals surface area contributed by atoms with E-state index < -0.39 is 58.5 Å². The summed E-state index contributed by atoms with van der Waals surface area (Å²) < 4.78 is 121. The number of amides is 2. The summed E-state index contributed by atoms with van der Waals surface area (Å²) in [6.07, 6.45) is -7.00. The average Bonchev–Trinajstić information content (AvgIpc) is 3.03. The third kappa shape index (κ3) is 5.40. The second-order valence-electron chi connectivity index (χ2n) is 10.2. The van der Waals surface area contributed by atoms with Gasteiger partial charge < -0.3 is 10.6 Å². The maximum Gasteiger partial charge on any atom is 0.460 e. The Morgan fingerprint density at radius 3 is 1.32 bits per heavy atom. The van der Waals surface area contributed by atoms with Crippen molar-refractivity contribution >= 4 is 34.8 Å². The normalized spacial score (nSPS) is 13.5. The van der Waals surface area contributed by atoms with Crippen LogP contribution in [0.4, 0.5) is 50.9 Å². The van der Waals surface area contributed by atoms with Gasteiger partial charge in [0, 0.05) is 27.8 Å². The van der Waals surface area contributed by atoms with Crippen LogP contribution in [-0.4, -0.2) is 41.4 Å². The van der Waals surface area contributed by atoms with Crippen LogP contribution in [0, 0.1) is 0 Å². The number of alkyl halides is 9. The molecule has 0 spiro atoms. The van der Waals surface area contributed by atoms with Gasteiger partial charge in [-0.25, -0.2) is 0 Å². The number of fused-ring (bicyclic) bond motifs is 2. The minimum Gasteiger partial charge on any atom is -0.321 e. The molecule has 1 aliphatic carbocycles. The number of benzene rings is 4. The van der Waals surface area contributed by atoms with Crippen molar-refractivity contribution in [3.05, 3.63) is 130 Å². The molecular weight excluding hydrogens is 647 g/mol. The second-order valence-corrected chi connectivity index (χ2v) is 10.2.